The fourth-order valence-electron chi connectivity index (χ4n) is 3.14. The molecule has 1 heterocycles. The lowest BCUT2D eigenvalue weighted by molar-refractivity contribution is -0.149. The molecule has 0 aliphatic carbocycles. The smallest absolute Gasteiger partial charge is 0.240 e. The predicted octanol–water partition coefficient (Wildman–Crippen LogP) is 2.08. The first-order valence-electron chi connectivity index (χ1n) is 6.89. The quantitative estimate of drug-likeness (QED) is 0.589. The lowest BCUT2D eigenvalue weighted by Gasteiger charge is -2.49. The largest absolute Gasteiger partial charge is 0.368 e. The van der Waals surface area contributed by atoms with Gasteiger partial charge in [-0.3, -0.25) is 4.79 Å². The molecule has 0 aromatic heterocycles. The van der Waals surface area contributed by atoms with Crippen molar-refractivity contribution in [2.24, 2.45) is 32.6 Å². The Morgan fingerprint density at radius 2 is 2.14 bits per heavy atom. The highest BCUT2D eigenvalue weighted by Crippen LogP contribution is 2.56. The van der Waals surface area contributed by atoms with Crippen LogP contribution in [0.3, 0.4) is 0 Å². The van der Waals surface area contributed by atoms with Crippen molar-refractivity contribution in [3.8, 4) is 12.1 Å². The molecule has 0 fully saturated rings. The maximum Gasteiger partial charge on any atom is 0.240 e. The first-order valence-corrected chi connectivity index (χ1v) is 7.68. The van der Waals surface area contributed by atoms with Crippen molar-refractivity contribution in [2.75, 3.05) is 0 Å². The summed E-state index contributed by atoms with van der Waals surface area (Å²) in [6, 6.07) is 3.99. The van der Waals surface area contributed by atoms with Gasteiger partial charge in [0.15, 0.2) is 5.41 Å². The van der Waals surface area contributed by atoms with E-state index in [1.165, 1.54) is 6.21 Å². The van der Waals surface area contributed by atoms with Gasteiger partial charge in [-0.15, -0.1) is 0 Å². The van der Waals surface area contributed by atoms with Crippen LogP contribution in [0.15, 0.2) is 10.1 Å². The van der Waals surface area contributed by atoms with Gasteiger partial charge in [-0.25, -0.2) is 4.99 Å². The van der Waals surface area contributed by atoms with Gasteiger partial charge >= 0.3 is 0 Å². The average Bonchev–Trinajstić information content (AvgIpc) is 2.51. The third-order valence-corrected chi connectivity index (χ3v) is 5.05. The minimum Gasteiger partial charge on any atom is -0.368 e. The van der Waals surface area contributed by atoms with Crippen LogP contribution in [-0.2, 0) is 9.63 Å². The van der Waals surface area contributed by atoms with E-state index in [0.717, 1.165) is 0 Å². The van der Waals surface area contributed by atoms with Crippen molar-refractivity contribution in [3.63, 3.8) is 0 Å². The summed E-state index contributed by atoms with van der Waals surface area (Å²) in [5.41, 5.74) is 2.78. The summed E-state index contributed by atoms with van der Waals surface area (Å²) >= 11 is 3.18. The molecule has 0 saturated heterocycles. The van der Waals surface area contributed by atoms with Gasteiger partial charge in [0, 0.05) is 6.21 Å². The Labute approximate surface area is 137 Å². The van der Waals surface area contributed by atoms with E-state index < -0.39 is 28.9 Å². The lowest BCUT2D eigenvalue weighted by Crippen LogP contribution is -2.62. The Morgan fingerprint density at radius 3 is 2.50 bits per heavy atom. The molecule has 118 valence electrons. The summed E-state index contributed by atoms with van der Waals surface area (Å²) in [6.07, 6.45) is 1.32. The van der Waals surface area contributed by atoms with Crippen LogP contribution in [0.4, 0.5) is 0 Å². The van der Waals surface area contributed by atoms with E-state index in [1.807, 2.05) is 26.0 Å². The van der Waals surface area contributed by atoms with Gasteiger partial charge < -0.3 is 10.6 Å². The van der Waals surface area contributed by atoms with E-state index in [-0.39, 0.29) is 4.62 Å². The Balaban J connectivity index is 3.74. The molecular formula is C14H18BrN5O2. The molecule has 1 rings (SSSR count). The highest BCUT2D eigenvalue weighted by atomic mass is 79.9. The monoisotopic (exact) mass is 367 g/mol. The van der Waals surface area contributed by atoms with Gasteiger partial charge in [0.05, 0.1) is 17.6 Å². The van der Waals surface area contributed by atoms with E-state index in [2.05, 4.69) is 26.1 Å². The maximum atomic E-state index is 12.3. The molecule has 0 spiro atoms. The summed E-state index contributed by atoms with van der Waals surface area (Å²) in [4.78, 5) is 21.9. The van der Waals surface area contributed by atoms with Gasteiger partial charge in [0.1, 0.15) is 10.5 Å². The van der Waals surface area contributed by atoms with E-state index in [9.17, 15) is 15.3 Å². The number of aliphatic imine (C=N–C) groups is 1. The minimum atomic E-state index is -1.75. The van der Waals surface area contributed by atoms with Crippen molar-refractivity contribution in [2.45, 2.75) is 39.8 Å². The molecule has 1 amide bonds. The SMILES string of the molecule is C/C=N\O[C@@H]1N=C(Br)C(C#N)[C@](C#N)(C(N)=O)C1(CC)CC. The van der Waals surface area contributed by atoms with Crippen molar-refractivity contribution < 1.29 is 9.63 Å². The Bertz CT molecular complexity index is 585. The highest BCUT2D eigenvalue weighted by Gasteiger charge is 2.67. The molecule has 0 aromatic carbocycles. The van der Waals surface area contributed by atoms with Crippen molar-refractivity contribution >= 4 is 32.7 Å². The number of carbonyl (C=O) groups is 1. The summed E-state index contributed by atoms with van der Waals surface area (Å²) in [6.45, 7) is 5.30. The molecule has 22 heavy (non-hydrogen) atoms. The molecule has 0 aromatic rings. The number of hydrogen-bond acceptors (Lipinski definition) is 6. The zero-order valence-electron chi connectivity index (χ0n) is 12.7. The Morgan fingerprint density at radius 1 is 1.55 bits per heavy atom. The van der Waals surface area contributed by atoms with Gasteiger partial charge in [0.2, 0.25) is 12.1 Å². The number of nitrogens with two attached hydrogens (primary N) is 1. The van der Waals surface area contributed by atoms with Crippen LogP contribution in [0.1, 0.15) is 33.6 Å². The van der Waals surface area contributed by atoms with Gasteiger partial charge in [-0.05, 0) is 35.7 Å². The van der Waals surface area contributed by atoms with Gasteiger partial charge in [-0.2, -0.15) is 10.5 Å². The fraction of sp³-hybridized carbons (Fsp3) is 0.643. The molecule has 2 N–H and O–H groups in total. The Hall–Kier alpha value is -1.93. The maximum absolute atomic E-state index is 12.3. The summed E-state index contributed by atoms with van der Waals surface area (Å²) in [5.74, 6) is -1.94. The van der Waals surface area contributed by atoms with E-state index in [0.29, 0.717) is 12.8 Å². The summed E-state index contributed by atoms with van der Waals surface area (Å²) in [5, 5.41) is 23.0. The minimum absolute atomic E-state index is 0.171. The predicted molar refractivity (Wildman–Crippen MR) is 84.8 cm³/mol. The second-order valence-corrected chi connectivity index (χ2v) is 5.80. The number of nitrogens with zero attached hydrogens (tertiary/aromatic N) is 4. The zero-order valence-corrected chi connectivity index (χ0v) is 14.3. The standard InChI is InChI=1S/C14H18BrN5O2/c1-4-13(5-2)12(22-19-6-3)20-10(15)9(7-16)14(13,8-17)11(18)21/h6,9,12H,4-5H2,1-3H3,(H2,18,21)/b19-6-/t9?,12-,14+/m0/s1. The fourth-order valence-corrected chi connectivity index (χ4v) is 3.77. The molecule has 1 unspecified atom stereocenters. The molecule has 3 atom stereocenters. The Kier molecular flexibility index (Phi) is 5.67. The third kappa shape index (κ3) is 2.28. The molecule has 8 heteroatoms. The van der Waals surface area contributed by atoms with Gasteiger partial charge in [-0.1, -0.05) is 19.0 Å². The molecule has 7 nitrogen and oxygen atoms in total. The molecule has 1 aliphatic heterocycles. The molecule has 0 bridgehead atoms. The van der Waals surface area contributed by atoms with Crippen molar-refractivity contribution in [1.82, 2.24) is 0 Å². The highest BCUT2D eigenvalue weighted by molar-refractivity contribution is 9.18. The summed E-state index contributed by atoms with van der Waals surface area (Å²) in [7, 11) is 0. The van der Waals surface area contributed by atoms with Crippen molar-refractivity contribution in [3.05, 3.63) is 0 Å². The lowest BCUT2D eigenvalue weighted by atomic mass is 9.53. The first-order chi connectivity index (χ1) is 10.4. The molecule has 0 radical (unpaired) electrons. The number of hydrogen-bond donors (Lipinski definition) is 1. The van der Waals surface area contributed by atoms with E-state index >= 15 is 0 Å². The van der Waals surface area contributed by atoms with Crippen LogP contribution < -0.4 is 5.73 Å². The van der Waals surface area contributed by atoms with Crippen LogP contribution >= 0.6 is 15.9 Å². The summed E-state index contributed by atoms with van der Waals surface area (Å²) < 4.78 is 0.171. The van der Waals surface area contributed by atoms with E-state index in [1.54, 1.807) is 6.92 Å². The second kappa shape index (κ2) is 6.89. The van der Waals surface area contributed by atoms with Gasteiger partial charge in [0.25, 0.3) is 0 Å². The molecular weight excluding hydrogens is 350 g/mol. The number of halogens is 1. The average molecular weight is 368 g/mol. The van der Waals surface area contributed by atoms with Crippen molar-refractivity contribution in [1.29, 1.82) is 10.5 Å². The number of amides is 1. The first kappa shape index (κ1) is 18.1. The van der Waals surface area contributed by atoms with E-state index in [4.69, 9.17) is 10.6 Å². The van der Waals surface area contributed by atoms with Crippen LogP contribution in [-0.4, -0.2) is 23.0 Å². The number of primary amides is 1. The second-order valence-electron chi connectivity index (χ2n) is 4.98. The van der Waals surface area contributed by atoms with Crippen LogP contribution in [0, 0.1) is 39.4 Å². The third-order valence-electron chi connectivity index (χ3n) is 4.39. The topological polar surface area (TPSA) is 125 Å². The zero-order chi connectivity index (χ0) is 17.0. The van der Waals surface area contributed by atoms with Crippen LogP contribution in [0.25, 0.3) is 0 Å². The van der Waals surface area contributed by atoms with Crippen LogP contribution in [0.5, 0.6) is 0 Å². The molecule has 1 aliphatic rings. The number of oxime groups is 1. The normalized spacial score (nSPS) is 30.2. The molecule has 0 saturated carbocycles. The number of nitriles is 2. The number of carbonyl (C=O) groups excluding carboxylic acids is 1. The number of rotatable bonds is 5. The van der Waals surface area contributed by atoms with Crippen LogP contribution in [0.2, 0.25) is 0 Å².